The Balaban J connectivity index is 0.996. The van der Waals surface area contributed by atoms with Crippen LogP contribution in [0.5, 0.6) is 0 Å². The molecule has 1 heterocycles. The van der Waals surface area contributed by atoms with Crippen LogP contribution in [0.2, 0.25) is 0 Å². The van der Waals surface area contributed by atoms with E-state index in [1.165, 1.54) is 98.7 Å². The molecule has 0 fully saturated rings. The molecular formula is C68H45NS. The summed E-state index contributed by atoms with van der Waals surface area (Å²) in [7, 11) is 0. The molecule has 0 unspecified atom stereocenters. The highest BCUT2D eigenvalue weighted by Gasteiger charge is 2.47. The number of hydrogen-bond donors (Lipinski definition) is 0. The average Bonchev–Trinajstić information content (AvgIpc) is 4.13. The quantitative estimate of drug-likeness (QED) is 0.147. The lowest BCUT2D eigenvalue weighted by Gasteiger charge is -2.35. The lowest BCUT2D eigenvalue weighted by atomic mass is 9.67. The molecule has 2 heteroatoms. The summed E-state index contributed by atoms with van der Waals surface area (Å²) in [5, 5.41) is 5.83. The van der Waals surface area contributed by atoms with Gasteiger partial charge in [-0.15, -0.1) is 11.3 Å². The summed E-state index contributed by atoms with van der Waals surface area (Å²) >= 11 is 1.79. The first-order chi connectivity index (χ1) is 34.7. The molecule has 0 saturated carbocycles. The van der Waals surface area contributed by atoms with Crippen LogP contribution in [0, 0.1) is 0 Å². The molecule has 0 aliphatic heterocycles. The maximum Gasteiger partial charge on any atom is 0.0714 e. The van der Waals surface area contributed by atoms with E-state index in [2.05, 4.69) is 277 Å². The largest absolute Gasteiger partial charge is 0.310 e. The van der Waals surface area contributed by atoms with Gasteiger partial charge in [-0.1, -0.05) is 218 Å². The number of fused-ring (bicyclic) bond motifs is 8. The van der Waals surface area contributed by atoms with Gasteiger partial charge in [0.1, 0.15) is 0 Å². The van der Waals surface area contributed by atoms with Gasteiger partial charge in [-0.25, -0.2) is 0 Å². The summed E-state index contributed by atoms with van der Waals surface area (Å²) in [6.07, 6.45) is 0. The van der Waals surface area contributed by atoms with Crippen LogP contribution in [-0.2, 0) is 10.8 Å². The fourth-order valence-corrected chi connectivity index (χ4v) is 13.2. The topological polar surface area (TPSA) is 3.24 Å². The van der Waals surface area contributed by atoms with Gasteiger partial charge >= 0.3 is 0 Å². The molecule has 328 valence electrons. The Bertz CT molecular complexity index is 3870. The molecule has 11 aromatic carbocycles. The van der Waals surface area contributed by atoms with Crippen molar-refractivity contribution in [2.75, 3.05) is 4.90 Å². The van der Waals surface area contributed by atoms with Crippen LogP contribution in [0.3, 0.4) is 0 Å². The Morgan fingerprint density at radius 1 is 0.300 bits per heavy atom. The minimum atomic E-state index is -0.526. The van der Waals surface area contributed by atoms with Crippen LogP contribution in [-0.4, -0.2) is 0 Å². The summed E-state index contributed by atoms with van der Waals surface area (Å²) in [4.78, 5) is 2.50. The zero-order valence-electron chi connectivity index (χ0n) is 38.3. The Labute approximate surface area is 412 Å². The summed E-state index contributed by atoms with van der Waals surface area (Å²) in [5.74, 6) is 0. The predicted octanol–water partition coefficient (Wildman–Crippen LogP) is 17.9. The van der Waals surface area contributed by atoms with E-state index in [0.717, 1.165) is 17.1 Å². The first kappa shape index (κ1) is 40.5. The van der Waals surface area contributed by atoms with Crippen LogP contribution in [0.15, 0.2) is 272 Å². The predicted molar refractivity (Wildman–Crippen MR) is 294 cm³/mol. The molecule has 1 aromatic heterocycles. The zero-order chi connectivity index (χ0) is 46.2. The van der Waals surface area contributed by atoms with Crippen LogP contribution < -0.4 is 4.90 Å². The maximum atomic E-state index is 2.50. The Morgan fingerprint density at radius 2 is 0.743 bits per heavy atom. The summed E-state index contributed by atoms with van der Waals surface area (Å²) in [5.41, 5.74) is 20.1. The van der Waals surface area contributed by atoms with E-state index in [4.69, 9.17) is 0 Å². The molecular weight excluding hydrogens is 863 g/mol. The van der Waals surface area contributed by atoms with Gasteiger partial charge in [-0.05, 0) is 143 Å². The van der Waals surface area contributed by atoms with Crippen molar-refractivity contribution in [3.05, 3.63) is 317 Å². The van der Waals surface area contributed by atoms with Gasteiger partial charge in [0.25, 0.3) is 0 Å². The molecule has 1 nitrogen and oxygen atoms in total. The second-order valence-electron chi connectivity index (χ2n) is 18.7. The van der Waals surface area contributed by atoms with Gasteiger partial charge in [0.05, 0.1) is 16.5 Å². The highest BCUT2D eigenvalue weighted by Crippen LogP contribution is 2.59. The Morgan fingerprint density at radius 3 is 1.33 bits per heavy atom. The van der Waals surface area contributed by atoms with Gasteiger partial charge in [0.2, 0.25) is 0 Å². The van der Waals surface area contributed by atoms with E-state index in [1.807, 2.05) is 0 Å². The molecule has 0 amide bonds. The van der Waals surface area contributed by atoms with Crippen molar-refractivity contribution in [3.63, 3.8) is 0 Å². The van der Waals surface area contributed by atoms with Crippen molar-refractivity contribution in [1.29, 1.82) is 0 Å². The van der Waals surface area contributed by atoms with Gasteiger partial charge in [-0.2, -0.15) is 0 Å². The van der Waals surface area contributed by atoms with E-state index >= 15 is 0 Å². The van der Waals surface area contributed by atoms with Crippen LogP contribution in [0.25, 0.3) is 54.2 Å². The number of hydrogen-bond acceptors (Lipinski definition) is 2. The van der Waals surface area contributed by atoms with Gasteiger partial charge < -0.3 is 4.90 Å². The molecule has 12 aromatic rings. The molecule has 0 atom stereocenters. The summed E-state index contributed by atoms with van der Waals surface area (Å²) < 4.78 is 1.28. The van der Waals surface area contributed by atoms with Crippen LogP contribution in [0.1, 0.15) is 44.5 Å². The molecule has 14 rings (SSSR count). The number of nitrogens with zero attached hydrogens (tertiary/aromatic N) is 1. The fraction of sp³-hybridized carbons (Fsp3) is 0.0294. The first-order valence-corrected chi connectivity index (χ1v) is 25.1. The normalized spacial score (nSPS) is 13.7. The number of benzene rings is 11. The minimum Gasteiger partial charge on any atom is -0.310 e. The second kappa shape index (κ2) is 16.0. The molecule has 0 radical (unpaired) electrons. The van der Waals surface area contributed by atoms with Crippen molar-refractivity contribution in [2.45, 2.75) is 10.8 Å². The third-order valence-corrected chi connectivity index (χ3v) is 16.2. The van der Waals surface area contributed by atoms with E-state index in [1.54, 1.807) is 11.3 Å². The third-order valence-electron chi connectivity index (χ3n) is 15.3. The Hall–Kier alpha value is -8.56. The zero-order valence-corrected chi connectivity index (χ0v) is 39.2. The molecule has 0 spiro atoms. The van der Waals surface area contributed by atoms with Crippen molar-refractivity contribution in [2.24, 2.45) is 0 Å². The third kappa shape index (κ3) is 5.84. The van der Waals surface area contributed by atoms with Gasteiger partial charge in [0.15, 0.2) is 0 Å². The summed E-state index contributed by atoms with van der Waals surface area (Å²) in [6.45, 7) is 0. The van der Waals surface area contributed by atoms with E-state index in [-0.39, 0.29) is 0 Å². The smallest absolute Gasteiger partial charge is 0.0714 e. The lowest BCUT2D eigenvalue weighted by Crippen LogP contribution is -2.28. The molecule has 0 bridgehead atoms. The molecule has 0 saturated heterocycles. The monoisotopic (exact) mass is 907 g/mol. The minimum absolute atomic E-state index is 0.487. The highest BCUT2D eigenvalue weighted by atomic mass is 32.1. The van der Waals surface area contributed by atoms with Crippen molar-refractivity contribution < 1.29 is 0 Å². The van der Waals surface area contributed by atoms with E-state index in [9.17, 15) is 0 Å². The maximum absolute atomic E-state index is 2.50. The molecule has 2 aliphatic rings. The fourth-order valence-electron chi connectivity index (χ4n) is 12.4. The number of anilines is 3. The van der Waals surface area contributed by atoms with Gasteiger partial charge in [0, 0.05) is 21.5 Å². The SMILES string of the molecule is c1ccc(C2(c3ccccc3)c3ccccc3-c3ccc(-c4ccc(N(c5ccc6c(c5)C(c5ccccc5)(c5ccccc5)c5ccccc5-6)c5ccc6sccc6c5)c5ccccc45)cc32)cc1. The number of thiophene rings is 1. The first-order valence-electron chi connectivity index (χ1n) is 24.2. The summed E-state index contributed by atoms with van der Waals surface area (Å²) in [6, 6.07) is 99.8. The van der Waals surface area contributed by atoms with E-state index < -0.39 is 10.8 Å². The molecule has 0 N–H and O–H groups in total. The average molecular weight is 908 g/mol. The molecule has 70 heavy (non-hydrogen) atoms. The van der Waals surface area contributed by atoms with E-state index in [0.29, 0.717) is 0 Å². The second-order valence-corrected chi connectivity index (χ2v) is 19.6. The van der Waals surface area contributed by atoms with Gasteiger partial charge in [-0.3, -0.25) is 0 Å². The van der Waals surface area contributed by atoms with Crippen molar-refractivity contribution in [1.82, 2.24) is 0 Å². The molecule has 2 aliphatic carbocycles. The van der Waals surface area contributed by atoms with Crippen LogP contribution >= 0.6 is 11.3 Å². The highest BCUT2D eigenvalue weighted by molar-refractivity contribution is 7.17. The standard InChI is InChI=1S/C68H45NS/c1-5-19-48(20-6-1)67(49-21-7-2-8-22-49)61-31-17-15-28-56(61)58-36-33-46(44-63(58)67)54-38-39-65(60-30-14-13-27-55(54)60)69(52-35-40-66-47(43-52)41-42-70-66)53-34-37-59-57-29-16-18-32-62(57)68(64(59)45-53,50-23-9-3-10-24-50)51-25-11-4-12-26-51/h1-45H. The van der Waals surface area contributed by atoms with Crippen molar-refractivity contribution >= 4 is 49.3 Å². The number of rotatable bonds is 8. The Kier molecular flexibility index (Phi) is 9.27. The van der Waals surface area contributed by atoms with Crippen LogP contribution in [0.4, 0.5) is 17.1 Å². The van der Waals surface area contributed by atoms with Crippen molar-refractivity contribution in [3.8, 4) is 33.4 Å². The lowest BCUT2D eigenvalue weighted by molar-refractivity contribution is 0.768.